The van der Waals surface area contributed by atoms with Crippen LogP contribution in [0.2, 0.25) is 0 Å². The fraction of sp³-hybridized carbons (Fsp3) is 0.438. The van der Waals surface area contributed by atoms with Gasteiger partial charge in [0.2, 0.25) is 0 Å². The molecule has 0 aromatic heterocycles. The molecule has 0 unspecified atom stereocenters. The maximum atomic E-state index is 12.4. The molecule has 1 rings (SSSR count). The number of esters is 1. The van der Waals surface area contributed by atoms with Crippen molar-refractivity contribution < 1.29 is 22.7 Å². The van der Waals surface area contributed by atoms with Crippen molar-refractivity contribution >= 4 is 12.0 Å². The van der Waals surface area contributed by atoms with E-state index in [1.807, 2.05) is 13.8 Å². The Morgan fingerprint density at radius 2 is 1.91 bits per heavy atom. The van der Waals surface area contributed by atoms with Gasteiger partial charge in [0.15, 0.2) is 0 Å². The van der Waals surface area contributed by atoms with E-state index in [0.717, 1.165) is 18.7 Å². The average Bonchev–Trinajstić information content (AvgIpc) is 2.44. The summed E-state index contributed by atoms with van der Waals surface area (Å²) in [5, 5.41) is 3.19. The van der Waals surface area contributed by atoms with E-state index in [-0.39, 0.29) is 0 Å². The molecule has 1 N–H and O–H groups in total. The van der Waals surface area contributed by atoms with Crippen LogP contribution in [-0.4, -0.2) is 25.2 Å². The van der Waals surface area contributed by atoms with Crippen LogP contribution in [0.1, 0.15) is 31.4 Å². The molecule has 122 valence electrons. The zero-order valence-electron chi connectivity index (χ0n) is 12.6. The Labute approximate surface area is 128 Å². The van der Waals surface area contributed by atoms with Crippen LogP contribution in [0.3, 0.4) is 0 Å². The molecule has 6 heteroatoms. The predicted octanol–water partition coefficient (Wildman–Crippen LogP) is 3.65. The van der Waals surface area contributed by atoms with Crippen molar-refractivity contribution in [2.75, 3.05) is 13.2 Å². The third-order valence-corrected chi connectivity index (χ3v) is 2.77. The van der Waals surface area contributed by atoms with E-state index >= 15 is 0 Å². The van der Waals surface area contributed by atoms with Crippen LogP contribution in [0.4, 0.5) is 13.2 Å². The lowest BCUT2D eigenvalue weighted by Gasteiger charge is -2.07. The highest BCUT2D eigenvalue weighted by atomic mass is 19.4. The highest BCUT2D eigenvalue weighted by Crippen LogP contribution is 2.29. The molecule has 0 saturated carbocycles. The van der Waals surface area contributed by atoms with Gasteiger partial charge < -0.3 is 10.1 Å². The van der Waals surface area contributed by atoms with Gasteiger partial charge in [0.1, 0.15) is 0 Å². The predicted molar refractivity (Wildman–Crippen MR) is 79.2 cm³/mol. The molecule has 0 amide bonds. The van der Waals surface area contributed by atoms with E-state index in [1.54, 1.807) is 0 Å². The molecule has 1 aromatic carbocycles. The maximum absolute atomic E-state index is 12.4. The summed E-state index contributed by atoms with van der Waals surface area (Å²) in [5.74, 6) is -0.510. The lowest BCUT2D eigenvalue weighted by Crippen LogP contribution is -2.24. The van der Waals surface area contributed by atoms with Crippen LogP contribution in [0.15, 0.2) is 30.3 Å². The standard InChI is InChI=1S/C16H20F3NO2/c1-12(2)20-10-3-11-22-15(21)9-6-13-4-7-14(8-5-13)16(17,18)19/h4-9,12,20H,3,10-11H2,1-2H3/b9-6+. The summed E-state index contributed by atoms with van der Waals surface area (Å²) >= 11 is 0. The summed E-state index contributed by atoms with van der Waals surface area (Å²) in [5.41, 5.74) is -0.212. The first-order valence-electron chi connectivity index (χ1n) is 7.04. The first-order valence-corrected chi connectivity index (χ1v) is 7.04. The maximum Gasteiger partial charge on any atom is 0.416 e. The Hall–Kier alpha value is -1.82. The summed E-state index contributed by atoms with van der Waals surface area (Å²) in [4.78, 5) is 11.4. The fourth-order valence-electron chi connectivity index (χ4n) is 1.63. The summed E-state index contributed by atoms with van der Waals surface area (Å²) in [6, 6.07) is 4.94. The number of carbonyl (C=O) groups excluding carboxylic acids is 1. The van der Waals surface area contributed by atoms with Gasteiger partial charge in [-0.25, -0.2) is 4.79 Å². The van der Waals surface area contributed by atoms with Crippen molar-refractivity contribution in [2.24, 2.45) is 0 Å². The van der Waals surface area contributed by atoms with Crippen molar-refractivity contribution in [2.45, 2.75) is 32.5 Å². The number of alkyl halides is 3. The number of nitrogens with one attached hydrogen (secondary N) is 1. The molecule has 0 heterocycles. The number of ether oxygens (including phenoxy) is 1. The number of hydrogen-bond acceptors (Lipinski definition) is 3. The first-order chi connectivity index (χ1) is 10.3. The third-order valence-electron chi connectivity index (χ3n) is 2.77. The molecule has 0 aliphatic rings. The summed E-state index contributed by atoms with van der Waals surface area (Å²) in [7, 11) is 0. The van der Waals surface area contributed by atoms with Crippen molar-refractivity contribution in [3.05, 3.63) is 41.5 Å². The summed E-state index contributed by atoms with van der Waals surface area (Å²) in [6.07, 6.45) is -1.02. The normalized spacial score (nSPS) is 12.1. The second-order valence-corrected chi connectivity index (χ2v) is 5.08. The lowest BCUT2D eigenvalue weighted by atomic mass is 10.1. The zero-order valence-corrected chi connectivity index (χ0v) is 12.6. The van der Waals surface area contributed by atoms with Gasteiger partial charge in [-0.3, -0.25) is 0 Å². The lowest BCUT2D eigenvalue weighted by molar-refractivity contribution is -0.138. The highest BCUT2D eigenvalue weighted by Gasteiger charge is 2.29. The highest BCUT2D eigenvalue weighted by molar-refractivity contribution is 5.87. The average molecular weight is 315 g/mol. The summed E-state index contributed by atoms with van der Waals surface area (Å²) in [6.45, 7) is 5.11. The topological polar surface area (TPSA) is 38.3 Å². The zero-order chi connectivity index (χ0) is 16.6. The smallest absolute Gasteiger partial charge is 0.416 e. The van der Waals surface area contributed by atoms with E-state index in [4.69, 9.17) is 4.74 Å². The van der Waals surface area contributed by atoms with E-state index in [1.165, 1.54) is 24.3 Å². The SMILES string of the molecule is CC(C)NCCCOC(=O)/C=C/c1ccc(C(F)(F)F)cc1. The van der Waals surface area contributed by atoms with Crippen molar-refractivity contribution in [3.63, 3.8) is 0 Å². The van der Waals surface area contributed by atoms with Crippen molar-refractivity contribution in [1.82, 2.24) is 5.32 Å². The van der Waals surface area contributed by atoms with E-state index in [0.29, 0.717) is 24.6 Å². The second kappa shape index (κ2) is 8.58. The molecule has 0 fully saturated rings. The quantitative estimate of drug-likeness (QED) is 0.474. The Balaban J connectivity index is 2.36. The molecular weight excluding hydrogens is 295 g/mol. The molecular formula is C16H20F3NO2. The Kier molecular flexibility index (Phi) is 7.11. The number of hydrogen-bond donors (Lipinski definition) is 1. The second-order valence-electron chi connectivity index (χ2n) is 5.08. The van der Waals surface area contributed by atoms with E-state index < -0.39 is 17.7 Å². The molecule has 22 heavy (non-hydrogen) atoms. The third kappa shape index (κ3) is 7.26. The van der Waals surface area contributed by atoms with Crippen molar-refractivity contribution in [3.8, 4) is 0 Å². The van der Waals surface area contributed by atoms with Crippen LogP contribution < -0.4 is 5.32 Å². The Morgan fingerprint density at radius 3 is 2.45 bits per heavy atom. The molecule has 0 radical (unpaired) electrons. The number of carbonyl (C=O) groups is 1. The van der Waals surface area contributed by atoms with Crippen LogP contribution in [-0.2, 0) is 15.7 Å². The van der Waals surface area contributed by atoms with E-state index in [9.17, 15) is 18.0 Å². The van der Waals surface area contributed by atoms with Gasteiger partial charge in [0.05, 0.1) is 12.2 Å². The molecule has 1 aromatic rings. The van der Waals surface area contributed by atoms with Gasteiger partial charge in [0, 0.05) is 12.1 Å². The molecule has 0 saturated heterocycles. The molecule has 0 aliphatic carbocycles. The largest absolute Gasteiger partial charge is 0.462 e. The monoisotopic (exact) mass is 315 g/mol. The van der Waals surface area contributed by atoms with Gasteiger partial charge in [-0.1, -0.05) is 26.0 Å². The van der Waals surface area contributed by atoms with Gasteiger partial charge in [-0.15, -0.1) is 0 Å². The number of rotatable bonds is 7. The van der Waals surface area contributed by atoms with Gasteiger partial charge in [0.25, 0.3) is 0 Å². The van der Waals surface area contributed by atoms with Crippen LogP contribution in [0, 0.1) is 0 Å². The van der Waals surface area contributed by atoms with Crippen LogP contribution in [0.25, 0.3) is 6.08 Å². The summed E-state index contributed by atoms with van der Waals surface area (Å²) < 4.78 is 42.1. The minimum absolute atomic E-state index is 0.301. The number of halogens is 3. The van der Waals surface area contributed by atoms with Crippen LogP contribution in [0.5, 0.6) is 0 Å². The van der Waals surface area contributed by atoms with Gasteiger partial charge in [-0.05, 0) is 36.7 Å². The van der Waals surface area contributed by atoms with Crippen molar-refractivity contribution in [1.29, 1.82) is 0 Å². The van der Waals surface area contributed by atoms with Gasteiger partial charge >= 0.3 is 12.1 Å². The molecule has 3 nitrogen and oxygen atoms in total. The molecule has 0 bridgehead atoms. The number of benzene rings is 1. The molecule has 0 atom stereocenters. The fourth-order valence-corrected chi connectivity index (χ4v) is 1.63. The van der Waals surface area contributed by atoms with Gasteiger partial charge in [-0.2, -0.15) is 13.2 Å². The molecule has 0 spiro atoms. The minimum atomic E-state index is -4.36. The van der Waals surface area contributed by atoms with E-state index in [2.05, 4.69) is 5.32 Å². The molecule has 0 aliphatic heterocycles. The Morgan fingerprint density at radius 1 is 1.27 bits per heavy atom. The van der Waals surface area contributed by atoms with Crippen LogP contribution >= 0.6 is 0 Å². The Bertz CT molecular complexity index is 493. The minimum Gasteiger partial charge on any atom is -0.462 e. The first kappa shape index (κ1) is 18.2.